The molecule has 0 aliphatic rings. The van der Waals surface area contributed by atoms with E-state index in [0.29, 0.717) is 19.3 Å². The maximum Gasteiger partial charge on any atom is 0.303 e. The molecular weight excluding hydrogens is 256 g/mol. The van der Waals surface area contributed by atoms with Crippen LogP contribution in [-0.2, 0) is 16.0 Å². The van der Waals surface area contributed by atoms with Gasteiger partial charge in [0, 0.05) is 24.0 Å². The molecule has 2 N–H and O–H groups in total. The fourth-order valence-electron chi connectivity index (χ4n) is 2.24. The van der Waals surface area contributed by atoms with Crippen molar-refractivity contribution in [3.63, 3.8) is 0 Å². The fourth-order valence-corrected chi connectivity index (χ4v) is 2.24. The molecule has 0 radical (unpaired) electrons. The van der Waals surface area contributed by atoms with Gasteiger partial charge in [-0.2, -0.15) is 0 Å². The molecule has 2 rings (SSSR count). The van der Waals surface area contributed by atoms with Gasteiger partial charge in [0.1, 0.15) is 0 Å². The second-order valence-corrected chi connectivity index (χ2v) is 4.61. The smallest absolute Gasteiger partial charge is 0.303 e. The highest BCUT2D eigenvalue weighted by molar-refractivity contribution is 5.81. The third-order valence-corrected chi connectivity index (χ3v) is 3.19. The molecule has 1 heterocycles. The van der Waals surface area contributed by atoms with Gasteiger partial charge in [-0.3, -0.25) is 14.6 Å². The molecule has 1 unspecified atom stereocenters. The van der Waals surface area contributed by atoms with Crippen LogP contribution in [0.5, 0.6) is 0 Å². The molecule has 104 valence electrons. The number of carboxylic acids is 1. The number of aliphatic carboxylic acids is 1. The van der Waals surface area contributed by atoms with Crippen molar-refractivity contribution in [3.05, 3.63) is 42.1 Å². The van der Waals surface area contributed by atoms with E-state index in [9.17, 15) is 9.59 Å². The average molecular weight is 272 g/mol. The van der Waals surface area contributed by atoms with Crippen molar-refractivity contribution in [2.24, 2.45) is 0 Å². The molecule has 1 atom stereocenters. The van der Waals surface area contributed by atoms with Crippen LogP contribution >= 0.6 is 0 Å². The largest absolute Gasteiger partial charge is 0.481 e. The van der Waals surface area contributed by atoms with E-state index in [1.807, 2.05) is 30.3 Å². The molecule has 1 amide bonds. The number of carbonyl (C=O) groups excluding carboxylic acids is 1. The Labute approximate surface area is 116 Å². The zero-order valence-electron chi connectivity index (χ0n) is 11.0. The number of carboxylic acid groups (broad SMARTS) is 1. The lowest BCUT2D eigenvalue weighted by molar-refractivity contribution is -0.137. The van der Waals surface area contributed by atoms with Gasteiger partial charge >= 0.3 is 5.97 Å². The number of rotatable bonds is 7. The molecule has 0 saturated heterocycles. The standard InChI is InChI=1S/C15H16N2O3/c18-10-17-13(6-7-14(19)20)9-12-4-1-3-11-5-2-8-16-15(11)12/h1-5,8,10,13H,6-7,9H2,(H,17,18)(H,19,20). The molecule has 0 fully saturated rings. The monoisotopic (exact) mass is 272 g/mol. The summed E-state index contributed by atoms with van der Waals surface area (Å²) in [4.78, 5) is 25.6. The van der Waals surface area contributed by atoms with Gasteiger partial charge in [0.2, 0.25) is 6.41 Å². The van der Waals surface area contributed by atoms with E-state index in [-0.39, 0.29) is 12.5 Å². The Morgan fingerprint density at radius 1 is 1.35 bits per heavy atom. The molecule has 0 saturated carbocycles. The van der Waals surface area contributed by atoms with Crippen molar-refractivity contribution < 1.29 is 14.7 Å². The first-order chi connectivity index (χ1) is 9.70. The van der Waals surface area contributed by atoms with Gasteiger partial charge in [-0.15, -0.1) is 0 Å². The van der Waals surface area contributed by atoms with Gasteiger partial charge < -0.3 is 10.4 Å². The molecule has 20 heavy (non-hydrogen) atoms. The predicted molar refractivity (Wildman–Crippen MR) is 75.3 cm³/mol. The lowest BCUT2D eigenvalue weighted by Gasteiger charge is -2.16. The van der Waals surface area contributed by atoms with Crippen LogP contribution in [-0.4, -0.2) is 28.5 Å². The molecule has 0 aliphatic carbocycles. The number of para-hydroxylation sites is 1. The Hall–Kier alpha value is -2.43. The Morgan fingerprint density at radius 2 is 2.15 bits per heavy atom. The molecule has 2 aromatic rings. The number of amides is 1. The molecule has 5 nitrogen and oxygen atoms in total. The van der Waals surface area contributed by atoms with Crippen LogP contribution in [0.3, 0.4) is 0 Å². The summed E-state index contributed by atoms with van der Waals surface area (Å²) in [6.07, 6.45) is 3.34. The maximum atomic E-state index is 10.6. The fraction of sp³-hybridized carbons (Fsp3) is 0.267. The van der Waals surface area contributed by atoms with Gasteiger partial charge in [0.15, 0.2) is 0 Å². The Kier molecular flexibility index (Phi) is 4.65. The van der Waals surface area contributed by atoms with Crippen LogP contribution in [0.4, 0.5) is 0 Å². The zero-order chi connectivity index (χ0) is 14.4. The summed E-state index contributed by atoms with van der Waals surface area (Å²) in [5.41, 5.74) is 1.90. The number of carbonyl (C=O) groups is 2. The van der Waals surface area contributed by atoms with Gasteiger partial charge in [-0.1, -0.05) is 24.3 Å². The highest BCUT2D eigenvalue weighted by atomic mass is 16.4. The summed E-state index contributed by atoms with van der Waals surface area (Å²) in [6, 6.07) is 9.52. The topological polar surface area (TPSA) is 79.3 Å². The lowest BCUT2D eigenvalue weighted by atomic mass is 9.99. The molecule has 0 aliphatic heterocycles. The summed E-state index contributed by atoms with van der Waals surface area (Å²) >= 11 is 0. The molecular formula is C15H16N2O3. The SMILES string of the molecule is O=CNC(CCC(=O)O)Cc1cccc2cccnc12. The maximum absolute atomic E-state index is 10.6. The lowest BCUT2D eigenvalue weighted by Crippen LogP contribution is -2.30. The van der Waals surface area contributed by atoms with Crippen LogP contribution < -0.4 is 5.32 Å². The van der Waals surface area contributed by atoms with Gasteiger partial charge in [0.25, 0.3) is 0 Å². The average Bonchev–Trinajstić information content (AvgIpc) is 2.45. The Bertz CT molecular complexity index is 608. The van der Waals surface area contributed by atoms with E-state index in [2.05, 4.69) is 10.3 Å². The van der Waals surface area contributed by atoms with Gasteiger partial charge in [0.05, 0.1) is 5.52 Å². The molecule has 0 bridgehead atoms. The normalized spacial score (nSPS) is 12.0. The van der Waals surface area contributed by atoms with E-state index in [4.69, 9.17) is 5.11 Å². The predicted octanol–water partition coefficient (Wildman–Crippen LogP) is 1.76. The highest BCUT2D eigenvalue weighted by Crippen LogP contribution is 2.18. The van der Waals surface area contributed by atoms with Crippen molar-refractivity contribution in [2.75, 3.05) is 0 Å². The van der Waals surface area contributed by atoms with Crippen molar-refractivity contribution >= 4 is 23.3 Å². The van der Waals surface area contributed by atoms with Crippen LogP contribution in [0.1, 0.15) is 18.4 Å². The summed E-state index contributed by atoms with van der Waals surface area (Å²) in [6.45, 7) is 0. The number of hydrogen-bond donors (Lipinski definition) is 2. The third-order valence-electron chi connectivity index (χ3n) is 3.19. The number of nitrogens with zero attached hydrogens (tertiary/aromatic N) is 1. The van der Waals surface area contributed by atoms with Crippen LogP contribution in [0, 0.1) is 0 Å². The van der Waals surface area contributed by atoms with Crippen LogP contribution in [0.25, 0.3) is 10.9 Å². The molecule has 1 aromatic carbocycles. The second kappa shape index (κ2) is 6.65. The Balaban J connectivity index is 2.19. The minimum Gasteiger partial charge on any atom is -0.481 e. The van der Waals surface area contributed by atoms with Crippen LogP contribution in [0.15, 0.2) is 36.5 Å². The first-order valence-corrected chi connectivity index (χ1v) is 6.45. The number of nitrogens with one attached hydrogen (secondary N) is 1. The van der Waals surface area contributed by atoms with Crippen molar-refractivity contribution in [1.82, 2.24) is 10.3 Å². The van der Waals surface area contributed by atoms with Crippen molar-refractivity contribution in [3.8, 4) is 0 Å². The molecule has 1 aromatic heterocycles. The summed E-state index contributed by atoms with van der Waals surface area (Å²) in [5.74, 6) is -0.862. The van der Waals surface area contributed by atoms with E-state index in [0.717, 1.165) is 16.5 Å². The minimum absolute atomic E-state index is 0.0314. The van der Waals surface area contributed by atoms with Gasteiger partial charge in [-0.05, 0) is 24.5 Å². The van der Waals surface area contributed by atoms with Crippen molar-refractivity contribution in [2.45, 2.75) is 25.3 Å². The number of aromatic nitrogens is 1. The quantitative estimate of drug-likeness (QED) is 0.753. The first kappa shape index (κ1) is 14.0. The van der Waals surface area contributed by atoms with E-state index in [1.54, 1.807) is 6.20 Å². The summed E-state index contributed by atoms with van der Waals surface area (Å²) < 4.78 is 0. The first-order valence-electron chi connectivity index (χ1n) is 6.45. The van der Waals surface area contributed by atoms with E-state index < -0.39 is 5.97 Å². The molecule has 0 spiro atoms. The number of fused-ring (bicyclic) bond motifs is 1. The van der Waals surface area contributed by atoms with Crippen molar-refractivity contribution in [1.29, 1.82) is 0 Å². The second-order valence-electron chi connectivity index (χ2n) is 4.61. The number of pyridine rings is 1. The van der Waals surface area contributed by atoms with Crippen LogP contribution in [0.2, 0.25) is 0 Å². The molecule has 5 heteroatoms. The summed E-state index contributed by atoms with van der Waals surface area (Å²) in [5, 5.41) is 12.5. The minimum atomic E-state index is -0.862. The zero-order valence-corrected chi connectivity index (χ0v) is 11.0. The Morgan fingerprint density at radius 3 is 2.90 bits per heavy atom. The third kappa shape index (κ3) is 3.54. The highest BCUT2D eigenvalue weighted by Gasteiger charge is 2.13. The summed E-state index contributed by atoms with van der Waals surface area (Å²) in [7, 11) is 0. The van der Waals surface area contributed by atoms with Gasteiger partial charge in [-0.25, -0.2) is 0 Å². The number of benzene rings is 1. The van der Waals surface area contributed by atoms with E-state index in [1.165, 1.54) is 0 Å². The van der Waals surface area contributed by atoms with E-state index >= 15 is 0 Å². The number of hydrogen-bond acceptors (Lipinski definition) is 3.